The van der Waals surface area contributed by atoms with Crippen LogP contribution in [0.15, 0.2) is 30.6 Å². The van der Waals surface area contributed by atoms with Crippen molar-refractivity contribution in [2.45, 2.75) is 13.0 Å². The predicted molar refractivity (Wildman–Crippen MR) is 68.4 cm³/mol. The average Bonchev–Trinajstić information content (AvgIpc) is 2.91. The van der Waals surface area contributed by atoms with Crippen LogP contribution >= 0.6 is 0 Å². The second-order valence-corrected chi connectivity index (χ2v) is 4.31. The van der Waals surface area contributed by atoms with Crippen LogP contribution in [-0.2, 0) is 13.0 Å². The molecule has 0 fully saturated rings. The molecule has 5 heteroatoms. The quantitative estimate of drug-likeness (QED) is 0.743. The first-order chi connectivity index (χ1) is 8.84. The van der Waals surface area contributed by atoms with Gasteiger partial charge < -0.3 is 10.6 Å². The zero-order chi connectivity index (χ0) is 12.4. The molecule has 3 N–H and O–H groups in total. The molecule has 0 spiro atoms. The Balaban J connectivity index is 1.89. The van der Waals surface area contributed by atoms with Gasteiger partial charge in [0, 0.05) is 18.3 Å². The normalized spacial score (nSPS) is 14.0. The Morgan fingerprint density at radius 1 is 1.39 bits per heavy atom. The Morgan fingerprint density at radius 2 is 2.33 bits per heavy atom. The lowest BCUT2D eigenvalue weighted by Crippen LogP contribution is -2.26. The molecule has 0 bridgehead atoms. The van der Waals surface area contributed by atoms with Gasteiger partial charge in [0.25, 0.3) is 5.91 Å². The van der Waals surface area contributed by atoms with E-state index in [1.807, 2.05) is 12.1 Å². The minimum Gasteiger partial charge on any atom is -0.319 e. The fraction of sp³-hybridized carbons (Fsp3) is 0.231. The lowest BCUT2D eigenvalue weighted by molar-refractivity contribution is 0.102. The molecular formula is C13H14N4O. The van der Waals surface area contributed by atoms with Crippen molar-refractivity contribution in [1.82, 2.24) is 15.5 Å². The number of aromatic amines is 1. The summed E-state index contributed by atoms with van der Waals surface area (Å²) < 4.78 is 0. The highest BCUT2D eigenvalue weighted by molar-refractivity contribution is 6.05. The topological polar surface area (TPSA) is 69.8 Å². The molecule has 0 atom stereocenters. The van der Waals surface area contributed by atoms with E-state index in [1.165, 1.54) is 5.56 Å². The molecule has 2 aromatic rings. The monoisotopic (exact) mass is 242 g/mol. The molecule has 2 heterocycles. The number of fused-ring (bicyclic) bond motifs is 1. The molecule has 18 heavy (non-hydrogen) atoms. The molecule has 1 amide bonds. The third kappa shape index (κ3) is 2.00. The number of amides is 1. The van der Waals surface area contributed by atoms with Gasteiger partial charge in [-0.1, -0.05) is 12.1 Å². The summed E-state index contributed by atoms with van der Waals surface area (Å²) in [6.07, 6.45) is 4.15. The third-order valence-electron chi connectivity index (χ3n) is 3.14. The summed E-state index contributed by atoms with van der Waals surface area (Å²) in [5.74, 6) is -0.0739. The molecule has 0 saturated heterocycles. The maximum absolute atomic E-state index is 12.2. The largest absolute Gasteiger partial charge is 0.319 e. The standard InChI is InChI=1S/C13H14N4O/c18-13(17-10-7-15-16-8-10)12-3-1-2-9-6-14-5-4-11(9)12/h1-3,7-8,14H,4-6H2,(H,15,16)(H,17,18). The number of carbonyl (C=O) groups excluding carboxylic acids is 1. The van der Waals surface area contributed by atoms with Gasteiger partial charge in [-0.25, -0.2) is 0 Å². The SMILES string of the molecule is O=C(Nc1cn[nH]c1)c1cccc2c1CCNC2. The first-order valence-electron chi connectivity index (χ1n) is 5.96. The molecule has 1 aromatic carbocycles. The summed E-state index contributed by atoms with van der Waals surface area (Å²) in [5, 5.41) is 12.6. The predicted octanol–water partition coefficient (Wildman–Crippen LogP) is 1.31. The number of anilines is 1. The van der Waals surface area contributed by atoms with Gasteiger partial charge in [0.15, 0.2) is 0 Å². The van der Waals surface area contributed by atoms with Crippen molar-refractivity contribution in [3.05, 3.63) is 47.3 Å². The molecule has 1 aliphatic rings. The van der Waals surface area contributed by atoms with E-state index in [2.05, 4.69) is 26.9 Å². The second-order valence-electron chi connectivity index (χ2n) is 4.31. The Kier molecular flexibility index (Phi) is 2.82. The summed E-state index contributed by atoms with van der Waals surface area (Å²) >= 11 is 0. The highest BCUT2D eigenvalue weighted by Gasteiger charge is 2.17. The number of rotatable bonds is 2. The van der Waals surface area contributed by atoms with E-state index >= 15 is 0 Å². The first kappa shape index (κ1) is 11.0. The van der Waals surface area contributed by atoms with Crippen molar-refractivity contribution in [2.24, 2.45) is 0 Å². The zero-order valence-corrected chi connectivity index (χ0v) is 9.86. The lowest BCUT2D eigenvalue weighted by Gasteiger charge is -2.19. The Morgan fingerprint density at radius 3 is 3.17 bits per heavy atom. The molecule has 92 valence electrons. The maximum Gasteiger partial charge on any atom is 0.256 e. The first-order valence-corrected chi connectivity index (χ1v) is 5.96. The van der Waals surface area contributed by atoms with Crippen LogP contribution < -0.4 is 10.6 Å². The van der Waals surface area contributed by atoms with Crippen LogP contribution in [0.4, 0.5) is 5.69 Å². The fourth-order valence-corrected chi connectivity index (χ4v) is 2.26. The highest BCUT2D eigenvalue weighted by Crippen LogP contribution is 2.19. The summed E-state index contributed by atoms with van der Waals surface area (Å²) in [6, 6.07) is 5.87. The lowest BCUT2D eigenvalue weighted by atomic mass is 9.95. The second kappa shape index (κ2) is 4.62. The molecule has 0 aliphatic carbocycles. The average molecular weight is 242 g/mol. The van der Waals surface area contributed by atoms with E-state index in [0.717, 1.165) is 30.6 Å². The van der Waals surface area contributed by atoms with Crippen LogP contribution in [0.1, 0.15) is 21.5 Å². The van der Waals surface area contributed by atoms with Gasteiger partial charge in [-0.3, -0.25) is 9.89 Å². The van der Waals surface area contributed by atoms with E-state index in [9.17, 15) is 4.79 Å². The number of hydrogen-bond donors (Lipinski definition) is 3. The summed E-state index contributed by atoms with van der Waals surface area (Å²) in [5.41, 5.74) is 3.81. The highest BCUT2D eigenvalue weighted by atomic mass is 16.1. The van der Waals surface area contributed by atoms with Crippen molar-refractivity contribution in [2.75, 3.05) is 11.9 Å². The van der Waals surface area contributed by atoms with Crippen molar-refractivity contribution >= 4 is 11.6 Å². The van der Waals surface area contributed by atoms with Crippen LogP contribution in [0.25, 0.3) is 0 Å². The number of aromatic nitrogens is 2. The van der Waals surface area contributed by atoms with Gasteiger partial charge in [-0.05, 0) is 30.2 Å². The number of H-pyrrole nitrogens is 1. The van der Waals surface area contributed by atoms with Gasteiger partial charge in [-0.2, -0.15) is 5.10 Å². The molecular weight excluding hydrogens is 228 g/mol. The van der Waals surface area contributed by atoms with Crippen LogP contribution in [0.3, 0.4) is 0 Å². The van der Waals surface area contributed by atoms with Crippen molar-refractivity contribution < 1.29 is 4.79 Å². The van der Waals surface area contributed by atoms with Crippen molar-refractivity contribution in [3.63, 3.8) is 0 Å². The Hall–Kier alpha value is -2.14. The van der Waals surface area contributed by atoms with Gasteiger partial charge in [0.1, 0.15) is 0 Å². The smallest absolute Gasteiger partial charge is 0.256 e. The van der Waals surface area contributed by atoms with Gasteiger partial charge in [0.2, 0.25) is 0 Å². The van der Waals surface area contributed by atoms with E-state index < -0.39 is 0 Å². The third-order valence-corrected chi connectivity index (χ3v) is 3.14. The number of nitrogens with zero attached hydrogens (tertiary/aromatic N) is 1. The number of nitrogens with one attached hydrogen (secondary N) is 3. The van der Waals surface area contributed by atoms with E-state index in [4.69, 9.17) is 0 Å². The zero-order valence-electron chi connectivity index (χ0n) is 9.86. The number of carbonyl (C=O) groups is 1. The van der Waals surface area contributed by atoms with Crippen molar-refractivity contribution in [3.8, 4) is 0 Å². The summed E-state index contributed by atoms with van der Waals surface area (Å²) in [6.45, 7) is 1.76. The fourth-order valence-electron chi connectivity index (χ4n) is 2.26. The molecule has 1 aromatic heterocycles. The molecule has 5 nitrogen and oxygen atoms in total. The van der Waals surface area contributed by atoms with Gasteiger partial charge in [-0.15, -0.1) is 0 Å². The molecule has 0 radical (unpaired) electrons. The Bertz CT molecular complexity index is 562. The van der Waals surface area contributed by atoms with Gasteiger partial charge >= 0.3 is 0 Å². The number of benzene rings is 1. The Labute approximate surface area is 105 Å². The maximum atomic E-state index is 12.2. The molecule has 3 rings (SSSR count). The van der Waals surface area contributed by atoms with Crippen LogP contribution in [0, 0.1) is 0 Å². The molecule has 0 unspecified atom stereocenters. The minimum absolute atomic E-state index is 0.0739. The van der Waals surface area contributed by atoms with Gasteiger partial charge in [0.05, 0.1) is 11.9 Å². The van der Waals surface area contributed by atoms with Crippen LogP contribution in [0.2, 0.25) is 0 Å². The van der Waals surface area contributed by atoms with Crippen LogP contribution in [0.5, 0.6) is 0 Å². The summed E-state index contributed by atoms with van der Waals surface area (Å²) in [4.78, 5) is 12.2. The van der Waals surface area contributed by atoms with Crippen LogP contribution in [-0.4, -0.2) is 22.6 Å². The van der Waals surface area contributed by atoms with E-state index in [-0.39, 0.29) is 5.91 Å². The molecule has 1 aliphatic heterocycles. The van der Waals surface area contributed by atoms with E-state index in [0.29, 0.717) is 5.69 Å². The number of hydrogen-bond acceptors (Lipinski definition) is 3. The van der Waals surface area contributed by atoms with Crippen molar-refractivity contribution in [1.29, 1.82) is 0 Å². The minimum atomic E-state index is -0.0739. The summed E-state index contributed by atoms with van der Waals surface area (Å²) in [7, 11) is 0. The van der Waals surface area contributed by atoms with E-state index in [1.54, 1.807) is 12.4 Å². The molecule has 0 saturated carbocycles.